The minimum Gasteiger partial charge on any atom is -0.330 e. The van der Waals surface area contributed by atoms with Crippen molar-refractivity contribution in [3.63, 3.8) is 0 Å². The molecule has 1 aromatic heterocycles. The van der Waals surface area contributed by atoms with E-state index in [1.54, 1.807) is 11.3 Å². The molecule has 1 aromatic rings. The van der Waals surface area contributed by atoms with Crippen molar-refractivity contribution in [3.8, 4) is 0 Å². The van der Waals surface area contributed by atoms with E-state index in [2.05, 4.69) is 4.98 Å². The Kier molecular flexibility index (Phi) is 2.94. The van der Waals surface area contributed by atoms with Crippen LogP contribution in [0.15, 0.2) is 5.51 Å². The predicted molar refractivity (Wildman–Crippen MR) is 68.2 cm³/mol. The van der Waals surface area contributed by atoms with Crippen molar-refractivity contribution in [2.24, 2.45) is 5.73 Å². The van der Waals surface area contributed by atoms with Crippen molar-refractivity contribution < 1.29 is 8.78 Å². The first-order valence-electron chi connectivity index (χ1n) is 6.58. The maximum Gasteiger partial charge on any atom is 0.248 e. The van der Waals surface area contributed by atoms with E-state index in [0.29, 0.717) is 25.3 Å². The summed E-state index contributed by atoms with van der Waals surface area (Å²) in [6.45, 7) is 0.463. The number of nitrogens with zero attached hydrogens (tertiary/aromatic N) is 1. The third kappa shape index (κ3) is 2.07. The molecule has 3 rings (SSSR count). The molecule has 2 saturated carbocycles. The number of nitrogens with two attached hydrogens (primary N) is 1. The van der Waals surface area contributed by atoms with Crippen LogP contribution in [0, 0.1) is 0 Å². The highest BCUT2D eigenvalue weighted by molar-refractivity contribution is 7.10. The molecule has 0 radical (unpaired) electrons. The lowest BCUT2D eigenvalue weighted by atomic mass is 9.71. The second-order valence-corrected chi connectivity index (χ2v) is 6.54. The molecule has 5 heteroatoms. The Morgan fingerprint density at radius 2 is 1.94 bits per heavy atom. The molecule has 0 aromatic carbocycles. The van der Waals surface area contributed by atoms with Gasteiger partial charge in [-0.05, 0) is 25.7 Å². The van der Waals surface area contributed by atoms with Gasteiger partial charge in [0.1, 0.15) is 0 Å². The molecular weight excluding hydrogens is 254 g/mol. The van der Waals surface area contributed by atoms with Crippen LogP contribution in [0.2, 0.25) is 0 Å². The highest BCUT2D eigenvalue weighted by atomic mass is 32.1. The van der Waals surface area contributed by atoms with Gasteiger partial charge in [0.05, 0.1) is 11.2 Å². The van der Waals surface area contributed by atoms with Gasteiger partial charge >= 0.3 is 0 Å². The fourth-order valence-corrected chi connectivity index (χ4v) is 4.07. The molecule has 1 heterocycles. The lowest BCUT2D eigenvalue weighted by Crippen LogP contribution is -2.42. The first-order chi connectivity index (χ1) is 8.56. The van der Waals surface area contributed by atoms with E-state index < -0.39 is 5.92 Å². The number of halogens is 2. The van der Waals surface area contributed by atoms with Crippen LogP contribution in [0.5, 0.6) is 0 Å². The lowest BCUT2D eigenvalue weighted by Gasteiger charge is -2.39. The van der Waals surface area contributed by atoms with Gasteiger partial charge in [-0.1, -0.05) is 0 Å². The smallest absolute Gasteiger partial charge is 0.248 e. The third-order valence-corrected chi connectivity index (χ3v) is 5.46. The molecule has 2 aliphatic carbocycles. The number of hydrogen-bond acceptors (Lipinski definition) is 3. The fourth-order valence-electron chi connectivity index (χ4n) is 2.92. The fraction of sp³-hybridized carbons (Fsp3) is 0.769. The van der Waals surface area contributed by atoms with Crippen LogP contribution in [0.25, 0.3) is 0 Å². The molecule has 0 aliphatic heterocycles. The van der Waals surface area contributed by atoms with Gasteiger partial charge in [-0.25, -0.2) is 13.8 Å². The molecule has 2 fully saturated rings. The van der Waals surface area contributed by atoms with Crippen molar-refractivity contribution in [1.29, 1.82) is 0 Å². The van der Waals surface area contributed by atoms with E-state index in [-0.39, 0.29) is 18.3 Å². The second kappa shape index (κ2) is 4.23. The van der Waals surface area contributed by atoms with Crippen LogP contribution in [0.4, 0.5) is 8.78 Å². The zero-order valence-corrected chi connectivity index (χ0v) is 11.1. The molecule has 0 bridgehead atoms. The van der Waals surface area contributed by atoms with Gasteiger partial charge in [0.2, 0.25) is 5.92 Å². The maximum absolute atomic E-state index is 13.3. The minimum atomic E-state index is -2.50. The van der Waals surface area contributed by atoms with E-state index in [0.717, 1.165) is 5.69 Å². The number of thiazole rings is 1. The molecule has 2 nitrogen and oxygen atoms in total. The summed E-state index contributed by atoms with van der Waals surface area (Å²) in [7, 11) is 0. The summed E-state index contributed by atoms with van der Waals surface area (Å²) in [5.74, 6) is -1.93. The maximum atomic E-state index is 13.3. The molecule has 0 saturated heterocycles. The van der Waals surface area contributed by atoms with Crippen molar-refractivity contribution >= 4 is 11.3 Å². The molecule has 100 valence electrons. The Balaban J connectivity index is 1.89. The highest BCUT2D eigenvalue weighted by Crippen LogP contribution is 2.51. The summed E-state index contributed by atoms with van der Waals surface area (Å²) in [5, 5.41) is 0. The Morgan fingerprint density at radius 3 is 2.50 bits per heavy atom. The van der Waals surface area contributed by atoms with E-state index >= 15 is 0 Å². The summed E-state index contributed by atoms with van der Waals surface area (Å²) in [4.78, 5) is 5.66. The SMILES string of the molecule is NCC1(c2scnc2C2CC2)CCC(F)(F)CC1. The third-order valence-electron chi connectivity index (χ3n) is 4.37. The van der Waals surface area contributed by atoms with E-state index in [1.165, 1.54) is 17.7 Å². The van der Waals surface area contributed by atoms with E-state index in [4.69, 9.17) is 5.73 Å². The number of rotatable bonds is 3. The quantitative estimate of drug-likeness (QED) is 0.915. The average molecular weight is 272 g/mol. The van der Waals surface area contributed by atoms with Crippen molar-refractivity contribution in [2.75, 3.05) is 6.54 Å². The van der Waals surface area contributed by atoms with E-state index in [9.17, 15) is 8.78 Å². The van der Waals surface area contributed by atoms with E-state index in [1.807, 2.05) is 5.51 Å². The van der Waals surface area contributed by atoms with Gasteiger partial charge in [0.25, 0.3) is 0 Å². The summed E-state index contributed by atoms with van der Waals surface area (Å²) < 4.78 is 26.7. The zero-order valence-electron chi connectivity index (χ0n) is 10.3. The first-order valence-corrected chi connectivity index (χ1v) is 7.46. The molecular formula is C13H18F2N2S. The van der Waals surface area contributed by atoms with Gasteiger partial charge in [-0.3, -0.25) is 0 Å². The van der Waals surface area contributed by atoms with Crippen LogP contribution in [-0.4, -0.2) is 17.5 Å². The topological polar surface area (TPSA) is 38.9 Å². The normalized spacial score (nSPS) is 26.2. The Bertz CT molecular complexity index is 430. The summed E-state index contributed by atoms with van der Waals surface area (Å²) in [6.07, 6.45) is 3.30. The van der Waals surface area contributed by atoms with Gasteiger partial charge in [-0.15, -0.1) is 11.3 Å². The van der Waals surface area contributed by atoms with Gasteiger partial charge < -0.3 is 5.73 Å². The van der Waals surface area contributed by atoms with Crippen LogP contribution in [0.3, 0.4) is 0 Å². The van der Waals surface area contributed by atoms with Crippen LogP contribution in [-0.2, 0) is 5.41 Å². The van der Waals surface area contributed by atoms with Gasteiger partial charge in [0, 0.05) is 35.6 Å². The van der Waals surface area contributed by atoms with Crippen LogP contribution in [0.1, 0.15) is 55.0 Å². The zero-order chi connectivity index (χ0) is 12.8. The molecule has 0 atom stereocenters. The summed E-state index contributed by atoms with van der Waals surface area (Å²) in [5.41, 5.74) is 8.71. The number of alkyl halides is 2. The average Bonchev–Trinajstić information content (AvgIpc) is 3.08. The summed E-state index contributed by atoms with van der Waals surface area (Å²) in [6, 6.07) is 0. The highest BCUT2D eigenvalue weighted by Gasteiger charge is 2.46. The minimum absolute atomic E-state index is 0.0355. The van der Waals surface area contributed by atoms with Gasteiger partial charge in [-0.2, -0.15) is 0 Å². The standard InChI is InChI=1S/C13H18F2N2S/c14-13(15)5-3-12(7-16,4-6-13)11-10(9-1-2-9)17-8-18-11/h8-9H,1-7,16H2. The Morgan fingerprint density at radius 1 is 1.28 bits per heavy atom. The van der Waals surface area contributed by atoms with Crippen LogP contribution >= 0.6 is 11.3 Å². The second-order valence-electron chi connectivity index (χ2n) is 5.68. The summed E-state index contributed by atoms with van der Waals surface area (Å²) >= 11 is 1.61. The monoisotopic (exact) mass is 272 g/mol. The largest absolute Gasteiger partial charge is 0.330 e. The first kappa shape index (κ1) is 12.5. The van der Waals surface area contributed by atoms with Crippen molar-refractivity contribution in [3.05, 3.63) is 16.1 Å². The Hall–Kier alpha value is -0.550. The van der Waals surface area contributed by atoms with Gasteiger partial charge in [0.15, 0.2) is 0 Å². The van der Waals surface area contributed by atoms with Crippen LogP contribution < -0.4 is 5.73 Å². The molecule has 2 N–H and O–H groups in total. The molecule has 2 aliphatic rings. The molecule has 18 heavy (non-hydrogen) atoms. The molecule has 0 amide bonds. The number of aromatic nitrogens is 1. The number of hydrogen-bond donors (Lipinski definition) is 1. The molecule has 0 unspecified atom stereocenters. The predicted octanol–water partition coefficient (Wildman–Crippen LogP) is 3.43. The molecule has 0 spiro atoms. The lowest BCUT2D eigenvalue weighted by molar-refractivity contribution is -0.0506. The van der Waals surface area contributed by atoms with Crippen molar-refractivity contribution in [2.45, 2.75) is 55.8 Å². The Labute approximate surface area is 110 Å². The van der Waals surface area contributed by atoms with Crippen molar-refractivity contribution in [1.82, 2.24) is 4.98 Å².